The number of rotatable bonds is 10. The first-order valence-electron chi connectivity index (χ1n) is 6.89. The van der Waals surface area contributed by atoms with Gasteiger partial charge in [-0.1, -0.05) is 33.1 Å². The Kier molecular flexibility index (Phi) is 8.96. The molecule has 1 atom stereocenters. The predicted molar refractivity (Wildman–Crippen MR) is 71.9 cm³/mol. The second-order valence-electron chi connectivity index (χ2n) is 5.31. The molecule has 16 heavy (non-hydrogen) atoms. The monoisotopic (exact) mass is 229 g/mol. The van der Waals surface area contributed by atoms with Gasteiger partial charge in [0.15, 0.2) is 0 Å². The highest BCUT2D eigenvalue weighted by atomic mass is 16.5. The van der Waals surface area contributed by atoms with Gasteiger partial charge in [-0.05, 0) is 33.6 Å². The van der Waals surface area contributed by atoms with Crippen molar-refractivity contribution in [2.75, 3.05) is 13.2 Å². The molecule has 0 spiro atoms. The van der Waals surface area contributed by atoms with Crippen molar-refractivity contribution in [3.8, 4) is 0 Å². The summed E-state index contributed by atoms with van der Waals surface area (Å²) < 4.78 is 5.79. The van der Waals surface area contributed by atoms with Crippen LogP contribution in [0.25, 0.3) is 0 Å². The molecule has 0 aromatic carbocycles. The quantitative estimate of drug-likeness (QED) is 0.576. The van der Waals surface area contributed by atoms with E-state index in [1.165, 1.54) is 25.7 Å². The van der Waals surface area contributed by atoms with Crippen LogP contribution >= 0.6 is 0 Å². The number of ether oxygens (including phenoxy) is 1. The zero-order valence-electron chi connectivity index (χ0n) is 11.9. The van der Waals surface area contributed by atoms with Gasteiger partial charge in [-0.2, -0.15) is 0 Å². The van der Waals surface area contributed by atoms with E-state index in [1.807, 2.05) is 0 Å². The first-order valence-corrected chi connectivity index (χ1v) is 6.89. The number of unbranched alkanes of at least 4 members (excludes halogenated alkanes) is 2. The maximum absolute atomic E-state index is 5.79. The SMILES string of the molecule is CCCCCC(C)NCCOC(C)(C)CC. The van der Waals surface area contributed by atoms with Crippen LogP contribution in [0.3, 0.4) is 0 Å². The molecule has 0 saturated heterocycles. The first-order chi connectivity index (χ1) is 7.52. The Morgan fingerprint density at radius 3 is 2.44 bits per heavy atom. The Labute approximate surface area is 102 Å². The van der Waals surface area contributed by atoms with Crippen molar-refractivity contribution in [2.24, 2.45) is 0 Å². The van der Waals surface area contributed by atoms with Crippen LogP contribution in [0, 0.1) is 0 Å². The van der Waals surface area contributed by atoms with Crippen LogP contribution < -0.4 is 5.32 Å². The van der Waals surface area contributed by atoms with Crippen LogP contribution in [-0.4, -0.2) is 24.8 Å². The minimum atomic E-state index is 0.0348. The molecule has 0 fully saturated rings. The maximum atomic E-state index is 5.79. The van der Waals surface area contributed by atoms with Crippen LogP contribution in [0.1, 0.15) is 66.7 Å². The highest BCUT2D eigenvalue weighted by Crippen LogP contribution is 2.12. The second-order valence-corrected chi connectivity index (χ2v) is 5.31. The zero-order valence-corrected chi connectivity index (χ0v) is 11.9. The summed E-state index contributed by atoms with van der Waals surface area (Å²) in [5.74, 6) is 0. The minimum Gasteiger partial charge on any atom is -0.374 e. The Morgan fingerprint density at radius 2 is 1.88 bits per heavy atom. The molecule has 0 aliphatic rings. The molecular weight excluding hydrogens is 198 g/mol. The van der Waals surface area contributed by atoms with E-state index < -0.39 is 0 Å². The molecule has 0 aliphatic carbocycles. The summed E-state index contributed by atoms with van der Waals surface area (Å²) in [5.41, 5.74) is 0.0348. The van der Waals surface area contributed by atoms with Crippen molar-refractivity contribution in [3.63, 3.8) is 0 Å². The Hall–Kier alpha value is -0.0800. The third-order valence-electron chi connectivity index (χ3n) is 3.18. The van der Waals surface area contributed by atoms with Crippen LogP contribution in [-0.2, 0) is 4.74 Å². The number of nitrogens with one attached hydrogen (secondary N) is 1. The van der Waals surface area contributed by atoms with Crippen LogP contribution in [0.5, 0.6) is 0 Å². The van der Waals surface area contributed by atoms with Crippen molar-refractivity contribution in [2.45, 2.75) is 78.4 Å². The molecule has 0 radical (unpaired) electrons. The van der Waals surface area contributed by atoms with E-state index in [4.69, 9.17) is 4.74 Å². The highest BCUT2D eigenvalue weighted by Gasteiger charge is 2.14. The fraction of sp³-hybridized carbons (Fsp3) is 1.00. The van der Waals surface area contributed by atoms with Crippen molar-refractivity contribution in [1.29, 1.82) is 0 Å². The van der Waals surface area contributed by atoms with E-state index in [1.54, 1.807) is 0 Å². The molecule has 2 nitrogen and oxygen atoms in total. The summed E-state index contributed by atoms with van der Waals surface area (Å²) in [6.07, 6.45) is 6.35. The lowest BCUT2D eigenvalue weighted by Crippen LogP contribution is -2.33. The second kappa shape index (κ2) is 9.00. The molecule has 0 aliphatic heterocycles. The molecule has 1 N–H and O–H groups in total. The standard InChI is InChI=1S/C14H31NO/c1-6-8-9-10-13(3)15-11-12-16-14(4,5)7-2/h13,15H,6-12H2,1-5H3. The van der Waals surface area contributed by atoms with Gasteiger partial charge in [0.1, 0.15) is 0 Å². The van der Waals surface area contributed by atoms with Gasteiger partial charge in [-0.3, -0.25) is 0 Å². The molecular formula is C14H31NO. The summed E-state index contributed by atoms with van der Waals surface area (Å²) in [7, 11) is 0. The molecule has 0 bridgehead atoms. The molecule has 0 amide bonds. The lowest BCUT2D eigenvalue weighted by atomic mass is 10.1. The zero-order chi connectivity index (χ0) is 12.4. The molecule has 0 aromatic heterocycles. The largest absolute Gasteiger partial charge is 0.374 e. The summed E-state index contributed by atoms with van der Waals surface area (Å²) in [6, 6.07) is 0.625. The van der Waals surface area contributed by atoms with Crippen LogP contribution in [0.15, 0.2) is 0 Å². The number of hydrogen-bond acceptors (Lipinski definition) is 2. The summed E-state index contributed by atoms with van der Waals surface area (Å²) in [5, 5.41) is 3.51. The molecule has 0 saturated carbocycles. The smallest absolute Gasteiger partial charge is 0.0624 e. The average Bonchev–Trinajstić information content (AvgIpc) is 2.25. The van der Waals surface area contributed by atoms with Gasteiger partial charge in [0, 0.05) is 12.6 Å². The van der Waals surface area contributed by atoms with Gasteiger partial charge in [0.2, 0.25) is 0 Å². The highest BCUT2D eigenvalue weighted by molar-refractivity contribution is 4.66. The van der Waals surface area contributed by atoms with E-state index in [0.717, 1.165) is 19.6 Å². The summed E-state index contributed by atoms with van der Waals surface area (Å²) in [4.78, 5) is 0. The van der Waals surface area contributed by atoms with E-state index in [9.17, 15) is 0 Å². The molecule has 0 heterocycles. The summed E-state index contributed by atoms with van der Waals surface area (Å²) in [6.45, 7) is 12.8. The van der Waals surface area contributed by atoms with Gasteiger partial charge in [0.05, 0.1) is 12.2 Å². The lowest BCUT2D eigenvalue weighted by Gasteiger charge is -2.24. The van der Waals surface area contributed by atoms with E-state index in [-0.39, 0.29) is 5.60 Å². The number of hydrogen-bond donors (Lipinski definition) is 1. The van der Waals surface area contributed by atoms with Gasteiger partial charge in [0.25, 0.3) is 0 Å². The first kappa shape index (κ1) is 15.9. The fourth-order valence-corrected chi connectivity index (χ4v) is 1.54. The Morgan fingerprint density at radius 1 is 1.19 bits per heavy atom. The third-order valence-corrected chi connectivity index (χ3v) is 3.18. The van der Waals surface area contributed by atoms with E-state index in [2.05, 4.69) is 39.9 Å². The van der Waals surface area contributed by atoms with Gasteiger partial charge in [-0.25, -0.2) is 0 Å². The Bertz CT molecular complexity index is 157. The molecule has 0 aromatic rings. The minimum absolute atomic E-state index is 0.0348. The van der Waals surface area contributed by atoms with E-state index in [0.29, 0.717) is 6.04 Å². The average molecular weight is 229 g/mol. The van der Waals surface area contributed by atoms with E-state index >= 15 is 0 Å². The summed E-state index contributed by atoms with van der Waals surface area (Å²) >= 11 is 0. The van der Waals surface area contributed by atoms with Crippen molar-refractivity contribution >= 4 is 0 Å². The third kappa shape index (κ3) is 9.17. The molecule has 1 unspecified atom stereocenters. The molecule has 98 valence electrons. The van der Waals surface area contributed by atoms with Gasteiger partial charge in [-0.15, -0.1) is 0 Å². The van der Waals surface area contributed by atoms with Gasteiger partial charge >= 0.3 is 0 Å². The Balaban J connectivity index is 3.37. The van der Waals surface area contributed by atoms with Gasteiger partial charge < -0.3 is 10.1 Å². The van der Waals surface area contributed by atoms with Crippen LogP contribution in [0.2, 0.25) is 0 Å². The molecule has 0 rings (SSSR count). The van der Waals surface area contributed by atoms with Crippen LogP contribution in [0.4, 0.5) is 0 Å². The van der Waals surface area contributed by atoms with Crippen molar-refractivity contribution in [3.05, 3.63) is 0 Å². The predicted octanol–water partition coefficient (Wildman–Crippen LogP) is 3.75. The lowest BCUT2D eigenvalue weighted by molar-refractivity contribution is -0.0186. The molecule has 2 heteroatoms. The van der Waals surface area contributed by atoms with Crippen molar-refractivity contribution in [1.82, 2.24) is 5.32 Å². The topological polar surface area (TPSA) is 21.3 Å². The normalized spacial score (nSPS) is 14.1. The fourth-order valence-electron chi connectivity index (χ4n) is 1.54. The maximum Gasteiger partial charge on any atom is 0.0624 e. The van der Waals surface area contributed by atoms with Crippen molar-refractivity contribution < 1.29 is 4.74 Å².